The van der Waals surface area contributed by atoms with Crippen LogP contribution in [0.5, 0.6) is 0 Å². The van der Waals surface area contributed by atoms with Gasteiger partial charge in [0.2, 0.25) is 0 Å². The molecule has 2 amide bonds. The van der Waals surface area contributed by atoms with Crippen molar-refractivity contribution in [1.82, 2.24) is 9.80 Å². The van der Waals surface area contributed by atoms with Gasteiger partial charge in [-0.05, 0) is 66.5 Å². The highest BCUT2D eigenvalue weighted by Gasteiger charge is 2.28. The topological polar surface area (TPSA) is 102 Å². The second-order valence-corrected chi connectivity index (χ2v) is 11.6. The molecule has 0 atom stereocenters. The fraction of sp³-hybridized carbons (Fsp3) is 0.680. The minimum atomic E-state index is -0.498. The van der Waals surface area contributed by atoms with Crippen molar-refractivity contribution < 1.29 is 33.4 Å². The van der Waals surface area contributed by atoms with Gasteiger partial charge >= 0.3 is 18.2 Å². The minimum Gasteiger partial charge on any atom is -0.462 e. The molecular formula is C25H38N2O7S. The van der Waals surface area contributed by atoms with Crippen molar-refractivity contribution in [3.05, 3.63) is 21.4 Å². The van der Waals surface area contributed by atoms with Crippen LogP contribution in [-0.2, 0) is 32.0 Å². The number of esters is 1. The lowest BCUT2D eigenvalue weighted by atomic mass is 10.1. The molecule has 0 aliphatic carbocycles. The zero-order chi connectivity index (χ0) is 26.4. The number of carbonyl (C=O) groups is 4. The maximum absolute atomic E-state index is 12.1. The van der Waals surface area contributed by atoms with Crippen molar-refractivity contribution in [3.63, 3.8) is 0 Å². The molecule has 196 valence electrons. The summed E-state index contributed by atoms with van der Waals surface area (Å²) in [5, 5.41) is 0. The van der Waals surface area contributed by atoms with E-state index in [0.29, 0.717) is 50.5 Å². The summed E-state index contributed by atoms with van der Waals surface area (Å²) in [6.45, 7) is 15.3. The first-order valence-corrected chi connectivity index (χ1v) is 12.8. The molecule has 0 N–H and O–H groups in total. The predicted octanol–water partition coefficient (Wildman–Crippen LogP) is 4.80. The van der Waals surface area contributed by atoms with Gasteiger partial charge in [-0.25, -0.2) is 14.4 Å². The summed E-state index contributed by atoms with van der Waals surface area (Å²) < 4.78 is 15.6. The summed E-state index contributed by atoms with van der Waals surface area (Å²) in [5.74, 6) is -0.0643. The quantitative estimate of drug-likeness (QED) is 0.416. The molecule has 1 aromatic heterocycles. The first-order valence-electron chi connectivity index (χ1n) is 11.9. The van der Waals surface area contributed by atoms with Gasteiger partial charge in [-0.2, -0.15) is 0 Å². The molecular weight excluding hydrogens is 472 g/mol. The van der Waals surface area contributed by atoms with E-state index in [-0.39, 0.29) is 23.9 Å². The van der Waals surface area contributed by atoms with Crippen LogP contribution in [0.4, 0.5) is 9.59 Å². The number of piperidine rings is 1. The smallest absolute Gasteiger partial charge is 0.410 e. The van der Waals surface area contributed by atoms with Gasteiger partial charge in [0.05, 0.1) is 13.2 Å². The third-order valence-electron chi connectivity index (χ3n) is 4.97. The average Bonchev–Trinajstić information content (AvgIpc) is 3.16. The number of hydrogen-bond acceptors (Lipinski definition) is 8. The van der Waals surface area contributed by atoms with Crippen LogP contribution in [0.15, 0.2) is 6.07 Å². The van der Waals surface area contributed by atoms with Crippen LogP contribution in [0.2, 0.25) is 0 Å². The number of fused-ring (bicyclic) bond motifs is 1. The number of amides is 2. The third kappa shape index (κ3) is 9.51. The number of likely N-dealkylation sites (tertiary alicyclic amines) is 1. The zero-order valence-corrected chi connectivity index (χ0v) is 22.7. The van der Waals surface area contributed by atoms with E-state index in [0.717, 1.165) is 16.9 Å². The molecule has 2 aliphatic heterocycles. The van der Waals surface area contributed by atoms with E-state index in [2.05, 4.69) is 0 Å². The maximum Gasteiger partial charge on any atom is 0.410 e. The van der Waals surface area contributed by atoms with Gasteiger partial charge < -0.3 is 24.0 Å². The molecule has 3 heterocycles. The lowest BCUT2D eigenvalue weighted by Crippen LogP contribution is -2.41. The minimum absolute atomic E-state index is 0.227. The Labute approximate surface area is 211 Å². The van der Waals surface area contributed by atoms with E-state index in [1.54, 1.807) is 16.7 Å². The number of nitrogens with zero attached hydrogens (tertiary/aromatic N) is 2. The summed E-state index contributed by atoms with van der Waals surface area (Å²) in [7, 11) is 0. The van der Waals surface area contributed by atoms with E-state index in [9.17, 15) is 19.2 Å². The van der Waals surface area contributed by atoms with Crippen LogP contribution < -0.4 is 0 Å². The number of ether oxygens (including phenoxy) is 3. The molecule has 1 fully saturated rings. The molecule has 10 heteroatoms. The monoisotopic (exact) mass is 510 g/mol. The standard InChI is InChI=1S/C15H21NO4S.C10H17NO3/c1-5-19-13(17)12-8-10-9-16(7-6-11(10)21-12)14(18)20-15(2,3)4;1-10(2,3)14-9(13)11-6-4-8(12)5-7-11/h8H,5-7,9H2,1-4H3;4-7H2,1-3H3. The average molecular weight is 511 g/mol. The van der Waals surface area contributed by atoms with Crippen LogP contribution >= 0.6 is 11.3 Å². The molecule has 9 nitrogen and oxygen atoms in total. The van der Waals surface area contributed by atoms with Crippen molar-refractivity contribution in [2.24, 2.45) is 0 Å². The Balaban J connectivity index is 0.000000269. The molecule has 3 rings (SSSR count). The third-order valence-corrected chi connectivity index (χ3v) is 6.18. The first kappa shape index (κ1) is 28.6. The van der Waals surface area contributed by atoms with Gasteiger partial charge in [-0.15, -0.1) is 11.3 Å². The SMILES string of the molecule is CC(C)(C)OC(=O)N1CCC(=O)CC1.CCOC(=O)c1cc2c(s1)CCN(C(=O)OC(C)(C)C)C2. The van der Waals surface area contributed by atoms with Crippen LogP contribution in [-0.4, -0.2) is 71.2 Å². The van der Waals surface area contributed by atoms with Crippen LogP contribution in [0.3, 0.4) is 0 Å². The van der Waals surface area contributed by atoms with Crippen molar-refractivity contribution in [1.29, 1.82) is 0 Å². The van der Waals surface area contributed by atoms with E-state index in [4.69, 9.17) is 14.2 Å². The zero-order valence-electron chi connectivity index (χ0n) is 21.9. The summed E-state index contributed by atoms with van der Waals surface area (Å²) in [6.07, 6.45) is 1.04. The van der Waals surface area contributed by atoms with Crippen LogP contribution in [0.25, 0.3) is 0 Å². The predicted molar refractivity (Wildman–Crippen MR) is 133 cm³/mol. The van der Waals surface area contributed by atoms with Gasteiger partial charge in [-0.3, -0.25) is 4.79 Å². The van der Waals surface area contributed by atoms with E-state index in [1.807, 2.05) is 47.6 Å². The first-order chi connectivity index (χ1) is 16.2. The molecule has 2 aliphatic rings. The fourth-order valence-corrected chi connectivity index (χ4v) is 4.44. The van der Waals surface area contributed by atoms with Crippen molar-refractivity contribution in [2.75, 3.05) is 26.2 Å². The number of hydrogen-bond donors (Lipinski definition) is 0. The summed E-state index contributed by atoms with van der Waals surface area (Å²) >= 11 is 1.46. The van der Waals surface area contributed by atoms with E-state index in [1.165, 1.54) is 11.3 Å². The normalized spacial score (nSPS) is 16.0. The fourth-order valence-electron chi connectivity index (χ4n) is 3.38. The van der Waals surface area contributed by atoms with Gasteiger partial charge in [0.25, 0.3) is 0 Å². The Kier molecular flexibility index (Phi) is 9.71. The number of Topliss-reactive ketones (excluding diaryl/α,β-unsaturated/α-hetero) is 1. The molecule has 1 aromatic rings. The summed E-state index contributed by atoms with van der Waals surface area (Å²) in [6, 6.07) is 1.83. The largest absolute Gasteiger partial charge is 0.462 e. The molecule has 0 unspecified atom stereocenters. The molecule has 1 saturated heterocycles. The molecule has 0 radical (unpaired) electrons. The lowest BCUT2D eigenvalue weighted by Gasteiger charge is -2.29. The molecule has 0 saturated carbocycles. The molecule has 35 heavy (non-hydrogen) atoms. The highest BCUT2D eigenvalue weighted by atomic mass is 32.1. The van der Waals surface area contributed by atoms with Crippen molar-refractivity contribution in [2.45, 2.75) is 85.5 Å². The number of thiophene rings is 1. The van der Waals surface area contributed by atoms with Gasteiger partial charge in [0.15, 0.2) is 0 Å². The lowest BCUT2D eigenvalue weighted by molar-refractivity contribution is -0.121. The Morgan fingerprint density at radius 1 is 0.886 bits per heavy atom. The number of rotatable bonds is 2. The molecule has 0 aromatic carbocycles. The van der Waals surface area contributed by atoms with Gasteiger partial charge in [-0.1, -0.05) is 0 Å². The summed E-state index contributed by atoms with van der Waals surface area (Å²) in [5.41, 5.74) is 0.0563. The van der Waals surface area contributed by atoms with Crippen molar-refractivity contribution in [3.8, 4) is 0 Å². The van der Waals surface area contributed by atoms with Gasteiger partial charge in [0.1, 0.15) is 21.9 Å². The van der Waals surface area contributed by atoms with Crippen LogP contribution in [0.1, 0.15) is 81.4 Å². The van der Waals surface area contributed by atoms with Crippen LogP contribution in [0, 0.1) is 0 Å². The Hall–Kier alpha value is -2.62. The second kappa shape index (κ2) is 11.9. The Morgan fingerprint density at radius 3 is 1.91 bits per heavy atom. The highest BCUT2D eigenvalue weighted by Crippen LogP contribution is 2.29. The van der Waals surface area contributed by atoms with E-state index < -0.39 is 11.2 Å². The number of ketones is 1. The Morgan fingerprint density at radius 2 is 1.40 bits per heavy atom. The van der Waals surface area contributed by atoms with E-state index >= 15 is 0 Å². The van der Waals surface area contributed by atoms with Gasteiger partial charge in [0, 0.05) is 37.4 Å². The Bertz CT molecular complexity index is 917. The number of carbonyl (C=O) groups excluding carboxylic acids is 4. The molecule has 0 bridgehead atoms. The summed E-state index contributed by atoms with van der Waals surface area (Å²) in [4.78, 5) is 51.3. The molecule has 0 spiro atoms. The highest BCUT2D eigenvalue weighted by molar-refractivity contribution is 7.14. The second-order valence-electron chi connectivity index (χ2n) is 10.4. The maximum atomic E-state index is 12.1. The van der Waals surface area contributed by atoms with Crippen molar-refractivity contribution >= 4 is 35.3 Å².